The van der Waals surface area contributed by atoms with E-state index in [2.05, 4.69) is 15.3 Å². The minimum Gasteiger partial charge on any atom is -0.309 e. The van der Waals surface area contributed by atoms with Gasteiger partial charge in [-0.1, -0.05) is 37.0 Å². The summed E-state index contributed by atoms with van der Waals surface area (Å²) in [4.78, 5) is 18.8. The highest BCUT2D eigenvalue weighted by Crippen LogP contribution is 2.26. The fraction of sp³-hybridized carbons (Fsp3) is 0.286. The summed E-state index contributed by atoms with van der Waals surface area (Å²) < 4.78 is 0. The Morgan fingerprint density at radius 1 is 1.25 bits per heavy atom. The van der Waals surface area contributed by atoms with Crippen molar-refractivity contribution in [2.75, 3.05) is 0 Å². The molecule has 0 spiro atoms. The van der Waals surface area contributed by atoms with E-state index in [0.29, 0.717) is 34.2 Å². The number of hydrogen-bond donors (Lipinski definition) is 2. The molecule has 2 N–H and O–H groups in total. The summed E-state index contributed by atoms with van der Waals surface area (Å²) in [7, 11) is 0. The second kappa shape index (κ2) is 6.39. The number of benzene rings is 1. The van der Waals surface area contributed by atoms with E-state index in [9.17, 15) is 4.79 Å². The Morgan fingerprint density at radius 3 is 2.65 bits per heavy atom. The molecule has 2 rings (SSSR count). The first-order valence-corrected chi connectivity index (χ1v) is 7.00. The minimum atomic E-state index is -0.193. The van der Waals surface area contributed by atoms with Gasteiger partial charge in [0, 0.05) is 24.2 Å². The van der Waals surface area contributed by atoms with Crippen LogP contribution in [0.5, 0.6) is 0 Å². The highest BCUT2D eigenvalue weighted by Gasteiger charge is 2.07. The van der Waals surface area contributed by atoms with Crippen molar-refractivity contribution in [3.05, 3.63) is 50.4 Å². The van der Waals surface area contributed by atoms with Crippen LogP contribution in [-0.2, 0) is 6.54 Å². The summed E-state index contributed by atoms with van der Waals surface area (Å²) in [6.07, 6.45) is 0. The monoisotopic (exact) mass is 311 g/mol. The Morgan fingerprint density at radius 2 is 2.00 bits per heavy atom. The fourth-order valence-corrected chi connectivity index (χ4v) is 1.99. The van der Waals surface area contributed by atoms with Crippen molar-refractivity contribution < 1.29 is 0 Å². The molecule has 1 aromatic heterocycles. The largest absolute Gasteiger partial charge is 0.309 e. The topological polar surface area (TPSA) is 57.8 Å². The summed E-state index contributed by atoms with van der Waals surface area (Å²) in [5, 5.41) is 4.12. The molecule has 0 bridgehead atoms. The standard InChI is InChI=1S/C14H15Cl2N3O/c1-8(2)17-7-10-6-13(20)19-14(18-10)9-3-4-11(15)12(16)5-9/h3-6,8,17H,7H2,1-2H3,(H,18,19,20). The number of aromatic amines is 1. The lowest BCUT2D eigenvalue weighted by Crippen LogP contribution is -2.24. The second-order valence-corrected chi connectivity index (χ2v) is 5.56. The molecule has 0 aliphatic heterocycles. The quantitative estimate of drug-likeness (QED) is 0.911. The first kappa shape index (κ1) is 15.0. The maximum absolute atomic E-state index is 11.7. The molecule has 6 heteroatoms. The van der Waals surface area contributed by atoms with Crippen LogP contribution in [0, 0.1) is 0 Å². The fourth-order valence-electron chi connectivity index (χ4n) is 1.69. The first-order valence-electron chi connectivity index (χ1n) is 6.25. The summed E-state index contributed by atoms with van der Waals surface area (Å²) in [5.41, 5.74) is 1.22. The van der Waals surface area contributed by atoms with Gasteiger partial charge >= 0.3 is 0 Å². The molecule has 0 unspecified atom stereocenters. The van der Waals surface area contributed by atoms with E-state index in [0.717, 1.165) is 5.56 Å². The van der Waals surface area contributed by atoms with E-state index in [1.165, 1.54) is 6.07 Å². The molecule has 106 valence electrons. The minimum absolute atomic E-state index is 0.193. The second-order valence-electron chi connectivity index (χ2n) is 4.75. The molecule has 1 aromatic carbocycles. The Bertz CT molecular complexity index is 668. The van der Waals surface area contributed by atoms with Crippen molar-refractivity contribution >= 4 is 23.2 Å². The summed E-state index contributed by atoms with van der Waals surface area (Å²) in [6.45, 7) is 4.61. The smallest absolute Gasteiger partial charge is 0.251 e. The number of hydrogen-bond acceptors (Lipinski definition) is 3. The number of nitrogens with zero attached hydrogens (tertiary/aromatic N) is 1. The zero-order valence-electron chi connectivity index (χ0n) is 11.2. The molecule has 0 aliphatic carbocycles. The Kier molecular flexibility index (Phi) is 4.81. The van der Waals surface area contributed by atoms with Crippen LogP contribution in [0.4, 0.5) is 0 Å². The van der Waals surface area contributed by atoms with Gasteiger partial charge in [0.25, 0.3) is 5.56 Å². The van der Waals surface area contributed by atoms with Crippen molar-refractivity contribution in [1.29, 1.82) is 0 Å². The van der Waals surface area contributed by atoms with Gasteiger partial charge < -0.3 is 10.3 Å². The molecule has 20 heavy (non-hydrogen) atoms. The molecule has 1 heterocycles. The normalized spacial score (nSPS) is 11.1. The van der Waals surface area contributed by atoms with E-state index in [4.69, 9.17) is 23.2 Å². The van der Waals surface area contributed by atoms with Gasteiger partial charge in [0.15, 0.2) is 0 Å². The van der Waals surface area contributed by atoms with E-state index in [-0.39, 0.29) is 5.56 Å². The molecule has 0 aliphatic rings. The molecular weight excluding hydrogens is 297 g/mol. The third kappa shape index (κ3) is 3.82. The summed E-state index contributed by atoms with van der Waals surface area (Å²) >= 11 is 11.9. The average molecular weight is 312 g/mol. The number of rotatable bonds is 4. The SMILES string of the molecule is CC(C)NCc1cc(=O)[nH]c(-c2ccc(Cl)c(Cl)c2)n1. The Balaban J connectivity index is 2.36. The third-order valence-corrected chi connectivity index (χ3v) is 3.42. The van der Waals surface area contributed by atoms with Crippen molar-refractivity contribution in [3.8, 4) is 11.4 Å². The van der Waals surface area contributed by atoms with Crippen LogP contribution >= 0.6 is 23.2 Å². The lowest BCUT2D eigenvalue weighted by molar-refractivity contribution is 0.580. The number of halogens is 2. The molecule has 0 radical (unpaired) electrons. The van der Waals surface area contributed by atoms with Gasteiger partial charge in [-0.3, -0.25) is 4.79 Å². The van der Waals surface area contributed by atoms with Gasteiger partial charge in [-0.15, -0.1) is 0 Å². The van der Waals surface area contributed by atoms with Crippen molar-refractivity contribution in [2.24, 2.45) is 0 Å². The van der Waals surface area contributed by atoms with Gasteiger partial charge in [0.2, 0.25) is 0 Å². The molecule has 0 amide bonds. The van der Waals surface area contributed by atoms with E-state index in [1.807, 2.05) is 13.8 Å². The molecular formula is C14H15Cl2N3O. The predicted octanol–water partition coefficient (Wildman–Crippen LogP) is 3.24. The van der Waals surface area contributed by atoms with Crippen LogP contribution in [0.15, 0.2) is 29.1 Å². The van der Waals surface area contributed by atoms with Crippen molar-refractivity contribution in [3.63, 3.8) is 0 Å². The van der Waals surface area contributed by atoms with Gasteiger partial charge in [0.05, 0.1) is 15.7 Å². The maximum atomic E-state index is 11.7. The van der Waals surface area contributed by atoms with Crippen LogP contribution in [0.25, 0.3) is 11.4 Å². The molecule has 0 saturated carbocycles. The lowest BCUT2D eigenvalue weighted by Gasteiger charge is -2.09. The summed E-state index contributed by atoms with van der Waals surface area (Å²) in [5.74, 6) is 0.483. The number of H-pyrrole nitrogens is 1. The van der Waals surface area contributed by atoms with E-state index in [1.54, 1.807) is 18.2 Å². The number of nitrogens with one attached hydrogen (secondary N) is 2. The molecule has 0 saturated heterocycles. The van der Waals surface area contributed by atoms with E-state index < -0.39 is 0 Å². The Labute approximate surface area is 127 Å². The highest BCUT2D eigenvalue weighted by atomic mass is 35.5. The van der Waals surface area contributed by atoms with Gasteiger partial charge in [-0.25, -0.2) is 4.98 Å². The molecule has 0 atom stereocenters. The van der Waals surface area contributed by atoms with Crippen LogP contribution < -0.4 is 10.9 Å². The molecule has 0 fully saturated rings. The maximum Gasteiger partial charge on any atom is 0.251 e. The third-order valence-electron chi connectivity index (χ3n) is 2.68. The first-order chi connectivity index (χ1) is 9.45. The van der Waals surface area contributed by atoms with Gasteiger partial charge in [-0.05, 0) is 18.2 Å². The predicted molar refractivity (Wildman–Crippen MR) is 82.3 cm³/mol. The molecule has 2 aromatic rings. The number of aromatic nitrogens is 2. The van der Waals surface area contributed by atoms with Crippen molar-refractivity contribution in [2.45, 2.75) is 26.4 Å². The van der Waals surface area contributed by atoms with E-state index >= 15 is 0 Å². The molecule has 4 nitrogen and oxygen atoms in total. The summed E-state index contributed by atoms with van der Waals surface area (Å²) in [6, 6.07) is 6.94. The average Bonchev–Trinajstić information content (AvgIpc) is 2.39. The van der Waals surface area contributed by atoms with Crippen LogP contribution in [0.3, 0.4) is 0 Å². The van der Waals surface area contributed by atoms with Crippen LogP contribution in [-0.4, -0.2) is 16.0 Å². The Hall–Kier alpha value is -1.36. The van der Waals surface area contributed by atoms with Crippen molar-refractivity contribution in [1.82, 2.24) is 15.3 Å². The zero-order valence-corrected chi connectivity index (χ0v) is 12.7. The lowest BCUT2D eigenvalue weighted by atomic mass is 10.2. The van der Waals surface area contributed by atoms with Crippen LogP contribution in [0.1, 0.15) is 19.5 Å². The van der Waals surface area contributed by atoms with Gasteiger partial charge in [-0.2, -0.15) is 0 Å². The van der Waals surface area contributed by atoms with Crippen LogP contribution in [0.2, 0.25) is 10.0 Å². The van der Waals surface area contributed by atoms with Gasteiger partial charge in [0.1, 0.15) is 5.82 Å². The zero-order chi connectivity index (χ0) is 14.7. The highest BCUT2D eigenvalue weighted by molar-refractivity contribution is 6.42.